The minimum Gasteiger partial charge on any atom is -0.366 e. The van der Waals surface area contributed by atoms with Gasteiger partial charge in [-0.15, -0.1) is 11.8 Å². The lowest BCUT2D eigenvalue weighted by Gasteiger charge is -2.37. The number of piperazine rings is 1. The number of benzene rings is 1. The van der Waals surface area contributed by atoms with Gasteiger partial charge in [-0.3, -0.25) is 0 Å². The van der Waals surface area contributed by atoms with Crippen molar-refractivity contribution in [3.63, 3.8) is 0 Å². The number of pyridine rings is 2. The van der Waals surface area contributed by atoms with Gasteiger partial charge < -0.3 is 14.2 Å². The van der Waals surface area contributed by atoms with Crippen molar-refractivity contribution < 1.29 is 4.39 Å². The number of aryl methyl sites for hydroxylation is 2. The molecule has 7 heteroatoms. The number of aromatic nitrogens is 3. The van der Waals surface area contributed by atoms with Crippen LogP contribution in [0, 0.1) is 19.7 Å². The van der Waals surface area contributed by atoms with Crippen LogP contribution in [0.5, 0.6) is 0 Å². The lowest BCUT2D eigenvalue weighted by molar-refractivity contribution is 0.595. The minimum absolute atomic E-state index is 0.177. The molecule has 0 atom stereocenters. The van der Waals surface area contributed by atoms with Gasteiger partial charge in [-0.25, -0.2) is 14.4 Å². The third-order valence-corrected chi connectivity index (χ3v) is 6.93. The van der Waals surface area contributed by atoms with Gasteiger partial charge in [-0.2, -0.15) is 0 Å². The maximum absolute atomic E-state index is 15.0. The van der Waals surface area contributed by atoms with E-state index in [9.17, 15) is 0 Å². The van der Waals surface area contributed by atoms with E-state index in [1.165, 1.54) is 0 Å². The van der Waals surface area contributed by atoms with Crippen LogP contribution in [0.3, 0.4) is 0 Å². The van der Waals surface area contributed by atoms with Crippen molar-refractivity contribution in [1.82, 2.24) is 14.4 Å². The summed E-state index contributed by atoms with van der Waals surface area (Å²) < 4.78 is 17.1. The lowest BCUT2D eigenvalue weighted by Crippen LogP contribution is -2.47. The lowest BCUT2D eigenvalue weighted by atomic mass is 10.0. The number of thioether (sulfide) groups is 1. The van der Waals surface area contributed by atoms with Crippen molar-refractivity contribution in [3.05, 3.63) is 71.9 Å². The molecule has 0 aliphatic carbocycles. The van der Waals surface area contributed by atoms with Crippen molar-refractivity contribution >= 4 is 28.9 Å². The van der Waals surface area contributed by atoms with Crippen molar-refractivity contribution in [2.45, 2.75) is 18.7 Å². The standard InChI is InChI=1S/C25H26FN5S/c1-17-14-21(26)22(15-20(17)25-18(2)31-9-5-4-6-24(31)28-25)29-10-12-30(13-11-29)23-8-7-19(32-3)16-27-23/h4-9,14-16H,10-13H2,1-3H3. The molecule has 0 radical (unpaired) electrons. The largest absolute Gasteiger partial charge is 0.366 e. The molecule has 3 aromatic heterocycles. The fourth-order valence-electron chi connectivity index (χ4n) is 4.39. The second-order valence-corrected chi connectivity index (χ2v) is 9.00. The minimum atomic E-state index is -0.177. The van der Waals surface area contributed by atoms with E-state index >= 15 is 4.39 Å². The van der Waals surface area contributed by atoms with Crippen LogP contribution in [0.25, 0.3) is 16.9 Å². The molecule has 5 rings (SSSR count). The molecule has 0 bridgehead atoms. The zero-order chi connectivity index (χ0) is 22.2. The Morgan fingerprint density at radius 1 is 0.969 bits per heavy atom. The maximum Gasteiger partial charge on any atom is 0.146 e. The van der Waals surface area contributed by atoms with Gasteiger partial charge in [-0.05, 0) is 62.1 Å². The van der Waals surface area contributed by atoms with E-state index < -0.39 is 0 Å². The van der Waals surface area contributed by atoms with Crippen LogP contribution < -0.4 is 9.80 Å². The van der Waals surface area contributed by atoms with Gasteiger partial charge in [0.1, 0.15) is 17.3 Å². The molecule has 0 unspecified atom stereocenters. The number of halogens is 1. The van der Waals surface area contributed by atoms with Gasteiger partial charge in [0.05, 0.1) is 11.4 Å². The van der Waals surface area contributed by atoms with Crippen LogP contribution >= 0.6 is 11.8 Å². The van der Waals surface area contributed by atoms with E-state index in [0.717, 1.165) is 65.1 Å². The van der Waals surface area contributed by atoms with Crippen molar-refractivity contribution in [3.8, 4) is 11.3 Å². The molecule has 4 heterocycles. The van der Waals surface area contributed by atoms with E-state index in [1.54, 1.807) is 17.8 Å². The first-order valence-corrected chi connectivity index (χ1v) is 12.0. The predicted octanol–water partition coefficient (Wildman–Crippen LogP) is 5.20. The third kappa shape index (κ3) is 3.71. The first kappa shape index (κ1) is 20.8. The van der Waals surface area contributed by atoms with Crippen LogP contribution in [0.15, 0.2) is 59.8 Å². The van der Waals surface area contributed by atoms with Crippen molar-refractivity contribution in [2.75, 3.05) is 42.2 Å². The Kier molecular flexibility index (Phi) is 5.51. The summed E-state index contributed by atoms with van der Waals surface area (Å²) in [5.41, 5.74) is 5.40. The number of imidazole rings is 1. The average molecular weight is 448 g/mol. The molecule has 1 aromatic carbocycles. The van der Waals surface area contributed by atoms with Crippen LogP contribution in [-0.4, -0.2) is 46.8 Å². The second kappa shape index (κ2) is 8.47. The smallest absolute Gasteiger partial charge is 0.146 e. The SMILES string of the molecule is CSc1ccc(N2CCN(c3cc(-c4nc5ccccn5c4C)c(C)cc3F)CC2)nc1. The van der Waals surface area contributed by atoms with E-state index in [4.69, 9.17) is 4.98 Å². The van der Waals surface area contributed by atoms with Gasteiger partial charge in [0, 0.05) is 54.7 Å². The average Bonchev–Trinajstić information content (AvgIpc) is 3.16. The Morgan fingerprint density at radius 3 is 2.44 bits per heavy atom. The summed E-state index contributed by atoms with van der Waals surface area (Å²) in [7, 11) is 0. The summed E-state index contributed by atoms with van der Waals surface area (Å²) in [6.07, 6.45) is 5.98. The topological polar surface area (TPSA) is 36.7 Å². The summed E-state index contributed by atoms with van der Waals surface area (Å²) in [6, 6.07) is 13.8. The zero-order valence-electron chi connectivity index (χ0n) is 18.5. The highest BCUT2D eigenvalue weighted by Gasteiger charge is 2.23. The van der Waals surface area contributed by atoms with Gasteiger partial charge in [0.25, 0.3) is 0 Å². The third-order valence-electron chi connectivity index (χ3n) is 6.22. The molecular formula is C25H26FN5S. The number of rotatable bonds is 4. The fraction of sp³-hybridized carbons (Fsp3) is 0.280. The highest BCUT2D eigenvalue weighted by atomic mass is 32.2. The van der Waals surface area contributed by atoms with E-state index in [-0.39, 0.29) is 5.82 Å². The molecule has 5 nitrogen and oxygen atoms in total. The molecule has 1 aliphatic heterocycles. The monoisotopic (exact) mass is 447 g/mol. The number of anilines is 2. The van der Waals surface area contributed by atoms with Gasteiger partial charge in [0.15, 0.2) is 0 Å². The number of hydrogen-bond acceptors (Lipinski definition) is 5. The molecule has 32 heavy (non-hydrogen) atoms. The molecule has 1 aliphatic rings. The highest BCUT2D eigenvalue weighted by molar-refractivity contribution is 7.98. The molecule has 0 amide bonds. The Morgan fingerprint density at radius 2 is 1.75 bits per heavy atom. The fourth-order valence-corrected chi connectivity index (χ4v) is 4.75. The number of fused-ring (bicyclic) bond motifs is 1. The van der Waals surface area contributed by atoms with E-state index in [2.05, 4.69) is 38.2 Å². The highest BCUT2D eigenvalue weighted by Crippen LogP contribution is 2.33. The van der Waals surface area contributed by atoms with Gasteiger partial charge in [-0.1, -0.05) is 6.07 Å². The Hall–Kier alpha value is -3.06. The molecule has 0 saturated carbocycles. The summed E-state index contributed by atoms with van der Waals surface area (Å²) >= 11 is 1.69. The Balaban J connectivity index is 1.41. The number of hydrogen-bond donors (Lipinski definition) is 0. The molecule has 0 N–H and O–H groups in total. The molecule has 1 fully saturated rings. The normalized spacial score (nSPS) is 14.4. The first-order chi connectivity index (χ1) is 15.5. The summed E-state index contributed by atoms with van der Waals surface area (Å²) in [4.78, 5) is 15.0. The first-order valence-electron chi connectivity index (χ1n) is 10.8. The maximum atomic E-state index is 15.0. The Labute approximate surface area is 191 Å². The van der Waals surface area contributed by atoms with Crippen LogP contribution in [-0.2, 0) is 0 Å². The summed E-state index contributed by atoms with van der Waals surface area (Å²) in [5.74, 6) is 0.802. The molecule has 0 spiro atoms. The van der Waals surface area contributed by atoms with Crippen molar-refractivity contribution in [1.29, 1.82) is 0 Å². The van der Waals surface area contributed by atoms with Gasteiger partial charge in [0.2, 0.25) is 0 Å². The second-order valence-electron chi connectivity index (χ2n) is 8.12. The zero-order valence-corrected chi connectivity index (χ0v) is 19.4. The molecule has 4 aromatic rings. The molecule has 1 saturated heterocycles. The summed E-state index contributed by atoms with van der Waals surface area (Å²) in [6.45, 7) is 7.12. The quantitative estimate of drug-likeness (QED) is 0.402. The molecule has 164 valence electrons. The summed E-state index contributed by atoms with van der Waals surface area (Å²) in [5, 5.41) is 0. The predicted molar refractivity (Wildman–Crippen MR) is 131 cm³/mol. The Bertz CT molecular complexity index is 1260. The van der Waals surface area contributed by atoms with Crippen LogP contribution in [0.4, 0.5) is 15.9 Å². The van der Waals surface area contributed by atoms with E-state index in [0.29, 0.717) is 5.69 Å². The van der Waals surface area contributed by atoms with Crippen molar-refractivity contribution in [2.24, 2.45) is 0 Å². The van der Waals surface area contributed by atoms with Crippen LogP contribution in [0.2, 0.25) is 0 Å². The van der Waals surface area contributed by atoms with Crippen LogP contribution in [0.1, 0.15) is 11.3 Å². The number of nitrogens with zero attached hydrogens (tertiary/aromatic N) is 5. The molecular weight excluding hydrogens is 421 g/mol. The van der Waals surface area contributed by atoms with Gasteiger partial charge >= 0.3 is 0 Å². The van der Waals surface area contributed by atoms with E-state index in [1.807, 2.05) is 49.8 Å².